The van der Waals surface area contributed by atoms with Crippen LogP contribution in [0.5, 0.6) is 0 Å². The number of ether oxygens (including phenoxy) is 1. The third-order valence-corrected chi connectivity index (χ3v) is 7.63. The van der Waals surface area contributed by atoms with Gasteiger partial charge in [0, 0.05) is 17.7 Å². The van der Waals surface area contributed by atoms with Gasteiger partial charge in [0.05, 0.1) is 11.5 Å². The molecule has 0 spiro atoms. The average molecular weight is 397 g/mol. The maximum Gasteiger partial charge on any atom is 0.408 e. The first kappa shape index (κ1) is 19.4. The van der Waals surface area contributed by atoms with E-state index >= 15 is 0 Å². The number of hydrogen-bond donors (Lipinski definition) is 2. The molecule has 0 radical (unpaired) electrons. The highest BCUT2D eigenvalue weighted by molar-refractivity contribution is 7.99. The van der Waals surface area contributed by atoms with Crippen LogP contribution in [0.25, 0.3) is 0 Å². The van der Waals surface area contributed by atoms with Gasteiger partial charge in [-0.15, -0.1) is 11.8 Å². The van der Waals surface area contributed by atoms with E-state index in [2.05, 4.69) is 5.32 Å². The summed E-state index contributed by atoms with van der Waals surface area (Å²) in [5.74, 6) is 2.53. The largest absolute Gasteiger partial charge is 0.444 e. The smallest absolute Gasteiger partial charge is 0.408 e. The zero-order chi connectivity index (χ0) is 19.4. The summed E-state index contributed by atoms with van der Waals surface area (Å²) in [6.45, 7) is 6.21. The molecular weight excluding hydrogens is 364 g/mol. The number of hydrogen-bond acceptors (Lipinski definition) is 5. The summed E-state index contributed by atoms with van der Waals surface area (Å²) >= 11 is 1.74. The topological polar surface area (TPSA) is 78.9 Å². The number of amides is 2. The van der Waals surface area contributed by atoms with Gasteiger partial charge < -0.3 is 20.1 Å². The Labute approximate surface area is 165 Å². The van der Waals surface area contributed by atoms with Crippen molar-refractivity contribution in [2.75, 3.05) is 18.2 Å². The lowest BCUT2D eigenvalue weighted by atomic mass is 9.46. The molecule has 5 rings (SSSR count). The first-order valence-electron chi connectivity index (χ1n) is 10.2. The minimum absolute atomic E-state index is 0.00332. The number of rotatable bonds is 3. The Morgan fingerprint density at radius 3 is 2.41 bits per heavy atom. The SMILES string of the molecule is CC(C)(C)OC(=O)N[C@H](C(=O)N1CCSC1)C12CC3CC(CC(O)(C3)C1)C2. The molecule has 1 heterocycles. The fraction of sp³-hybridized carbons (Fsp3) is 0.900. The third-order valence-electron chi connectivity index (χ3n) is 6.66. The van der Waals surface area contributed by atoms with Crippen LogP contribution in [0.2, 0.25) is 0 Å². The molecule has 2 unspecified atom stereocenters. The van der Waals surface area contributed by atoms with E-state index in [1.807, 2.05) is 25.7 Å². The number of carbonyl (C=O) groups is 2. The van der Waals surface area contributed by atoms with Crippen LogP contribution in [0, 0.1) is 17.3 Å². The maximum absolute atomic E-state index is 13.4. The molecule has 5 fully saturated rings. The molecule has 27 heavy (non-hydrogen) atoms. The zero-order valence-corrected chi connectivity index (χ0v) is 17.4. The highest BCUT2D eigenvalue weighted by Crippen LogP contribution is 2.63. The lowest BCUT2D eigenvalue weighted by Crippen LogP contribution is -2.66. The summed E-state index contributed by atoms with van der Waals surface area (Å²) in [4.78, 5) is 27.9. The van der Waals surface area contributed by atoms with Gasteiger partial charge in [-0.05, 0) is 71.1 Å². The fourth-order valence-electron chi connectivity index (χ4n) is 6.29. The molecule has 0 aromatic heterocycles. The van der Waals surface area contributed by atoms with Crippen molar-refractivity contribution in [1.82, 2.24) is 10.2 Å². The van der Waals surface area contributed by atoms with Crippen LogP contribution in [0.3, 0.4) is 0 Å². The van der Waals surface area contributed by atoms with Crippen molar-refractivity contribution in [3.8, 4) is 0 Å². The second-order valence-corrected chi connectivity index (χ2v) is 11.3. The van der Waals surface area contributed by atoms with Crippen molar-refractivity contribution in [1.29, 1.82) is 0 Å². The number of nitrogens with zero attached hydrogens (tertiary/aromatic N) is 1. The number of nitrogens with one attached hydrogen (secondary N) is 1. The van der Waals surface area contributed by atoms with E-state index in [0.717, 1.165) is 44.4 Å². The van der Waals surface area contributed by atoms with E-state index in [9.17, 15) is 14.7 Å². The molecule has 5 aliphatic rings. The Kier molecular flexibility index (Phi) is 4.70. The maximum atomic E-state index is 13.4. The van der Waals surface area contributed by atoms with Gasteiger partial charge in [-0.1, -0.05) is 0 Å². The molecule has 4 bridgehead atoms. The lowest BCUT2D eigenvalue weighted by Gasteiger charge is -2.62. The van der Waals surface area contributed by atoms with Crippen LogP contribution < -0.4 is 5.32 Å². The first-order chi connectivity index (χ1) is 12.6. The summed E-state index contributed by atoms with van der Waals surface area (Å²) in [5, 5.41) is 14.1. The van der Waals surface area contributed by atoms with Crippen LogP contribution in [-0.4, -0.2) is 57.4 Å². The summed E-state index contributed by atoms with van der Waals surface area (Å²) in [7, 11) is 0. The highest BCUT2D eigenvalue weighted by atomic mass is 32.2. The minimum atomic E-state index is -0.669. The number of thioether (sulfide) groups is 1. The van der Waals surface area contributed by atoms with E-state index in [1.54, 1.807) is 11.8 Å². The summed E-state index contributed by atoms with van der Waals surface area (Å²) in [6, 6.07) is -0.608. The molecule has 0 aromatic rings. The van der Waals surface area contributed by atoms with Gasteiger partial charge in [-0.3, -0.25) is 4.79 Å². The van der Waals surface area contributed by atoms with Crippen LogP contribution in [0.1, 0.15) is 59.3 Å². The van der Waals surface area contributed by atoms with Gasteiger partial charge in [-0.25, -0.2) is 4.79 Å². The fourth-order valence-corrected chi connectivity index (χ4v) is 7.25. The Bertz CT molecular complexity index is 612. The molecule has 4 aliphatic carbocycles. The number of aliphatic hydroxyl groups is 1. The van der Waals surface area contributed by atoms with E-state index in [4.69, 9.17) is 4.74 Å². The van der Waals surface area contributed by atoms with E-state index in [0.29, 0.717) is 24.1 Å². The molecular formula is C20H32N2O4S. The molecule has 0 aromatic carbocycles. The van der Waals surface area contributed by atoms with Crippen LogP contribution in [-0.2, 0) is 9.53 Å². The van der Waals surface area contributed by atoms with Crippen molar-refractivity contribution in [3.05, 3.63) is 0 Å². The van der Waals surface area contributed by atoms with E-state index < -0.39 is 23.3 Å². The summed E-state index contributed by atoms with van der Waals surface area (Å²) < 4.78 is 5.48. The van der Waals surface area contributed by atoms with Gasteiger partial charge >= 0.3 is 6.09 Å². The molecule has 152 valence electrons. The highest BCUT2D eigenvalue weighted by Gasteiger charge is 2.61. The van der Waals surface area contributed by atoms with E-state index in [-0.39, 0.29) is 11.3 Å². The average Bonchev–Trinajstić information content (AvgIpc) is 3.02. The van der Waals surface area contributed by atoms with Gasteiger partial charge in [0.25, 0.3) is 0 Å². The Balaban J connectivity index is 1.61. The molecule has 2 amide bonds. The lowest BCUT2D eigenvalue weighted by molar-refractivity contribution is -0.179. The Hall–Kier alpha value is -0.950. The van der Waals surface area contributed by atoms with Crippen molar-refractivity contribution in [2.45, 2.75) is 76.5 Å². The summed E-state index contributed by atoms with van der Waals surface area (Å²) in [5.41, 5.74) is -1.63. The molecule has 1 aliphatic heterocycles. The molecule has 3 atom stereocenters. The van der Waals surface area contributed by atoms with Crippen molar-refractivity contribution in [3.63, 3.8) is 0 Å². The normalized spacial score (nSPS) is 38.7. The van der Waals surface area contributed by atoms with Gasteiger partial charge in [-0.2, -0.15) is 0 Å². The molecule has 2 N–H and O–H groups in total. The Morgan fingerprint density at radius 2 is 1.89 bits per heavy atom. The number of carbonyl (C=O) groups excluding carboxylic acids is 2. The van der Waals surface area contributed by atoms with Gasteiger partial charge in [0.1, 0.15) is 11.6 Å². The quantitative estimate of drug-likeness (QED) is 0.767. The van der Waals surface area contributed by atoms with Gasteiger partial charge in [0.2, 0.25) is 5.91 Å². The van der Waals surface area contributed by atoms with Crippen molar-refractivity contribution < 1.29 is 19.4 Å². The third kappa shape index (κ3) is 3.82. The van der Waals surface area contributed by atoms with Crippen molar-refractivity contribution in [2.24, 2.45) is 17.3 Å². The first-order valence-corrected chi connectivity index (χ1v) is 11.3. The number of alkyl carbamates (subject to hydrolysis) is 1. The van der Waals surface area contributed by atoms with Crippen LogP contribution >= 0.6 is 11.8 Å². The minimum Gasteiger partial charge on any atom is -0.444 e. The molecule has 4 saturated carbocycles. The predicted octanol–water partition coefficient (Wildman–Crippen LogP) is 2.74. The zero-order valence-electron chi connectivity index (χ0n) is 16.6. The van der Waals surface area contributed by atoms with Gasteiger partial charge in [0.15, 0.2) is 0 Å². The second-order valence-electron chi connectivity index (χ2n) is 10.3. The predicted molar refractivity (Wildman–Crippen MR) is 104 cm³/mol. The van der Waals surface area contributed by atoms with E-state index in [1.165, 1.54) is 0 Å². The molecule has 1 saturated heterocycles. The Morgan fingerprint density at radius 1 is 1.22 bits per heavy atom. The van der Waals surface area contributed by atoms with Crippen molar-refractivity contribution >= 4 is 23.8 Å². The molecule has 7 heteroatoms. The summed E-state index contributed by atoms with van der Waals surface area (Å²) in [6.07, 6.45) is 4.75. The van der Waals surface area contributed by atoms with Crippen LogP contribution in [0.15, 0.2) is 0 Å². The second kappa shape index (κ2) is 6.55. The monoisotopic (exact) mass is 396 g/mol. The molecule has 6 nitrogen and oxygen atoms in total. The standard InChI is InChI=1S/C20H32N2O4S/c1-18(2,3)26-17(24)21-15(16(23)22-4-5-27-12-22)19-7-13-6-14(8-19)10-20(25,9-13)11-19/h13-15,25H,4-12H2,1-3H3,(H,21,24)/t13?,14?,15-,19?,20?/m1/s1. The van der Waals surface area contributed by atoms with Crippen LogP contribution in [0.4, 0.5) is 4.79 Å².